The zero-order valence-electron chi connectivity index (χ0n) is 12.4. The molecule has 5 heteroatoms. The standard InChI is InChI=1S/C15H24N2O3/c1-17(2)10-12-4-6-13(7-5-12)15(19)16-9-8-14(18)11-20-3/h4-7,14,18H,8-11H2,1-3H3,(H,16,19). The molecule has 0 saturated heterocycles. The SMILES string of the molecule is COCC(O)CCNC(=O)c1ccc(CN(C)C)cc1. The lowest BCUT2D eigenvalue weighted by Gasteiger charge is -2.11. The summed E-state index contributed by atoms with van der Waals surface area (Å²) in [6.07, 6.45) is -0.0547. The summed E-state index contributed by atoms with van der Waals surface area (Å²) in [5.74, 6) is -0.119. The van der Waals surface area contributed by atoms with E-state index in [1.165, 1.54) is 12.7 Å². The highest BCUT2D eigenvalue weighted by molar-refractivity contribution is 5.94. The second-order valence-corrected chi connectivity index (χ2v) is 5.09. The number of amides is 1. The molecule has 0 aliphatic carbocycles. The van der Waals surface area contributed by atoms with Gasteiger partial charge in [-0.15, -0.1) is 0 Å². The molecule has 1 atom stereocenters. The van der Waals surface area contributed by atoms with Gasteiger partial charge in [0.2, 0.25) is 0 Å². The first-order chi connectivity index (χ1) is 9.52. The van der Waals surface area contributed by atoms with Gasteiger partial charge in [-0.25, -0.2) is 0 Å². The van der Waals surface area contributed by atoms with Crippen molar-refractivity contribution >= 4 is 5.91 Å². The van der Waals surface area contributed by atoms with E-state index >= 15 is 0 Å². The van der Waals surface area contributed by atoms with Crippen molar-refractivity contribution in [3.8, 4) is 0 Å². The van der Waals surface area contributed by atoms with Crippen molar-refractivity contribution in [3.63, 3.8) is 0 Å². The minimum atomic E-state index is -0.539. The average Bonchev–Trinajstić information content (AvgIpc) is 2.39. The van der Waals surface area contributed by atoms with Crippen LogP contribution in [-0.2, 0) is 11.3 Å². The van der Waals surface area contributed by atoms with Crippen molar-refractivity contribution < 1.29 is 14.6 Å². The van der Waals surface area contributed by atoms with Gasteiger partial charge in [-0.3, -0.25) is 4.79 Å². The second-order valence-electron chi connectivity index (χ2n) is 5.09. The Kier molecular flexibility index (Phi) is 7.22. The molecule has 0 spiro atoms. The molecule has 112 valence electrons. The van der Waals surface area contributed by atoms with Crippen molar-refractivity contribution in [3.05, 3.63) is 35.4 Å². The Balaban J connectivity index is 2.39. The maximum Gasteiger partial charge on any atom is 0.251 e. The molecule has 5 nitrogen and oxygen atoms in total. The molecule has 20 heavy (non-hydrogen) atoms. The fourth-order valence-corrected chi connectivity index (χ4v) is 1.86. The van der Waals surface area contributed by atoms with Crippen LogP contribution in [0.25, 0.3) is 0 Å². The fourth-order valence-electron chi connectivity index (χ4n) is 1.86. The van der Waals surface area contributed by atoms with Crippen LogP contribution < -0.4 is 5.32 Å². The van der Waals surface area contributed by atoms with E-state index in [2.05, 4.69) is 10.2 Å². The number of hydrogen-bond donors (Lipinski definition) is 2. The van der Waals surface area contributed by atoms with E-state index in [1.807, 2.05) is 38.4 Å². The number of ether oxygens (including phenoxy) is 1. The third-order valence-corrected chi connectivity index (χ3v) is 2.84. The van der Waals surface area contributed by atoms with Crippen LogP contribution in [0.1, 0.15) is 22.3 Å². The topological polar surface area (TPSA) is 61.8 Å². The van der Waals surface area contributed by atoms with E-state index < -0.39 is 6.10 Å². The number of aliphatic hydroxyl groups is 1. The smallest absolute Gasteiger partial charge is 0.251 e. The zero-order valence-corrected chi connectivity index (χ0v) is 12.4. The Morgan fingerprint density at radius 2 is 2.00 bits per heavy atom. The highest BCUT2D eigenvalue weighted by atomic mass is 16.5. The molecule has 0 fully saturated rings. The first-order valence-electron chi connectivity index (χ1n) is 6.71. The summed E-state index contributed by atoms with van der Waals surface area (Å²) in [6.45, 7) is 1.57. The van der Waals surface area contributed by atoms with E-state index in [1.54, 1.807) is 0 Å². The third-order valence-electron chi connectivity index (χ3n) is 2.84. The van der Waals surface area contributed by atoms with Gasteiger partial charge in [0.1, 0.15) is 0 Å². The summed E-state index contributed by atoms with van der Waals surface area (Å²) in [4.78, 5) is 14.0. The van der Waals surface area contributed by atoms with E-state index in [4.69, 9.17) is 4.74 Å². The van der Waals surface area contributed by atoms with Gasteiger partial charge in [0.05, 0.1) is 12.7 Å². The fraction of sp³-hybridized carbons (Fsp3) is 0.533. The van der Waals surface area contributed by atoms with Crippen molar-refractivity contribution in [2.75, 3.05) is 34.4 Å². The molecule has 1 aromatic carbocycles. The molecule has 0 heterocycles. The van der Waals surface area contributed by atoms with Gasteiger partial charge < -0.3 is 20.1 Å². The van der Waals surface area contributed by atoms with Gasteiger partial charge in [-0.2, -0.15) is 0 Å². The van der Waals surface area contributed by atoms with Crippen LogP contribution >= 0.6 is 0 Å². The number of carbonyl (C=O) groups excluding carboxylic acids is 1. The predicted octanol–water partition coefficient (Wildman–Crippen LogP) is 0.875. The van der Waals surface area contributed by atoms with Gasteiger partial charge in [-0.1, -0.05) is 12.1 Å². The van der Waals surface area contributed by atoms with E-state index in [0.717, 1.165) is 6.54 Å². The molecule has 0 bridgehead atoms. The van der Waals surface area contributed by atoms with Crippen molar-refractivity contribution in [1.29, 1.82) is 0 Å². The van der Waals surface area contributed by atoms with Gasteiger partial charge in [0.15, 0.2) is 0 Å². The maximum atomic E-state index is 11.9. The molecule has 0 saturated carbocycles. The van der Waals surface area contributed by atoms with Crippen LogP contribution in [-0.4, -0.2) is 56.4 Å². The third kappa shape index (κ3) is 6.14. The van der Waals surface area contributed by atoms with Gasteiger partial charge in [0, 0.05) is 25.8 Å². The summed E-state index contributed by atoms with van der Waals surface area (Å²) in [5.41, 5.74) is 1.80. The van der Waals surface area contributed by atoms with Crippen molar-refractivity contribution in [1.82, 2.24) is 10.2 Å². The Bertz CT molecular complexity index is 404. The largest absolute Gasteiger partial charge is 0.391 e. The van der Waals surface area contributed by atoms with Crippen LogP contribution in [0.3, 0.4) is 0 Å². The number of aliphatic hydroxyl groups excluding tert-OH is 1. The number of nitrogens with zero attached hydrogens (tertiary/aromatic N) is 1. The molecule has 1 amide bonds. The Morgan fingerprint density at radius 1 is 1.35 bits per heavy atom. The normalized spacial score (nSPS) is 12.4. The molecule has 0 radical (unpaired) electrons. The minimum Gasteiger partial charge on any atom is -0.391 e. The average molecular weight is 280 g/mol. The molecule has 1 rings (SSSR count). The molecule has 0 aliphatic heterocycles. The second kappa shape index (κ2) is 8.68. The van der Waals surface area contributed by atoms with Gasteiger partial charge >= 0.3 is 0 Å². The van der Waals surface area contributed by atoms with Crippen molar-refractivity contribution in [2.24, 2.45) is 0 Å². The highest BCUT2D eigenvalue weighted by Crippen LogP contribution is 2.06. The van der Waals surface area contributed by atoms with Crippen LogP contribution in [0.15, 0.2) is 24.3 Å². The summed E-state index contributed by atoms with van der Waals surface area (Å²) in [6, 6.07) is 7.54. The highest BCUT2D eigenvalue weighted by Gasteiger charge is 2.07. The molecule has 0 aliphatic rings. The number of rotatable bonds is 8. The molecule has 1 aromatic rings. The van der Waals surface area contributed by atoms with Crippen LogP contribution in [0.5, 0.6) is 0 Å². The summed E-state index contributed by atoms with van der Waals surface area (Å²) < 4.78 is 4.82. The number of benzene rings is 1. The number of methoxy groups -OCH3 is 1. The first kappa shape index (κ1) is 16.6. The van der Waals surface area contributed by atoms with Crippen LogP contribution in [0.4, 0.5) is 0 Å². The lowest BCUT2D eigenvalue weighted by atomic mass is 10.1. The van der Waals surface area contributed by atoms with E-state index in [-0.39, 0.29) is 12.5 Å². The van der Waals surface area contributed by atoms with Crippen LogP contribution in [0.2, 0.25) is 0 Å². The number of carbonyl (C=O) groups is 1. The minimum absolute atomic E-state index is 0.119. The Hall–Kier alpha value is -1.43. The summed E-state index contributed by atoms with van der Waals surface area (Å²) in [5, 5.41) is 12.3. The summed E-state index contributed by atoms with van der Waals surface area (Å²) in [7, 11) is 5.55. The summed E-state index contributed by atoms with van der Waals surface area (Å²) >= 11 is 0. The molecule has 0 aromatic heterocycles. The Morgan fingerprint density at radius 3 is 2.55 bits per heavy atom. The zero-order chi connectivity index (χ0) is 15.0. The quantitative estimate of drug-likeness (QED) is 0.742. The predicted molar refractivity (Wildman–Crippen MR) is 78.7 cm³/mol. The van der Waals surface area contributed by atoms with Gasteiger partial charge in [0.25, 0.3) is 5.91 Å². The molecular formula is C15H24N2O3. The Labute approximate surface area is 120 Å². The number of hydrogen-bond acceptors (Lipinski definition) is 4. The molecule has 1 unspecified atom stereocenters. The van der Waals surface area contributed by atoms with E-state index in [0.29, 0.717) is 18.5 Å². The molecular weight excluding hydrogens is 256 g/mol. The van der Waals surface area contributed by atoms with Crippen molar-refractivity contribution in [2.45, 2.75) is 19.1 Å². The van der Waals surface area contributed by atoms with Gasteiger partial charge in [-0.05, 0) is 38.2 Å². The maximum absolute atomic E-state index is 11.9. The molecule has 2 N–H and O–H groups in total. The lowest BCUT2D eigenvalue weighted by Crippen LogP contribution is -2.28. The number of nitrogens with one attached hydrogen (secondary N) is 1. The lowest BCUT2D eigenvalue weighted by molar-refractivity contribution is 0.0587. The monoisotopic (exact) mass is 280 g/mol. The van der Waals surface area contributed by atoms with E-state index in [9.17, 15) is 9.90 Å². The van der Waals surface area contributed by atoms with Crippen LogP contribution in [0, 0.1) is 0 Å². The first-order valence-corrected chi connectivity index (χ1v) is 6.71.